The molecule has 0 unspecified atom stereocenters. The average molecular weight is 434 g/mol. The van der Waals surface area contributed by atoms with Gasteiger partial charge in [-0.1, -0.05) is 12.1 Å². The third kappa shape index (κ3) is 5.32. The van der Waals surface area contributed by atoms with E-state index >= 15 is 0 Å². The summed E-state index contributed by atoms with van der Waals surface area (Å²) in [6.07, 6.45) is 0. The van der Waals surface area contributed by atoms with Gasteiger partial charge in [0.05, 0.1) is 15.9 Å². The van der Waals surface area contributed by atoms with E-state index in [0.29, 0.717) is 31.9 Å². The zero-order valence-corrected chi connectivity index (χ0v) is 17.2. The van der Waals surface area contributed by atoms with E-state index in [2.05, 4.69) is 10.2 Å². The Morgan fingerprint density at radius 1 is 1.13 bits per heavy atom. The van der Waals surface area contributed by atoms with Gasteiger partial charge in [-0.3, -0.25) is 14.9 Å². The molecule has 3 rings (SSSR count). The van der Waals surface area contributed by atoms with Crippen molar-refractivity contribution >= 4 is 27.3 Å². The van der Waals surface area contributed by atoms with E-state index in [9.17, 15) is 23.3 Å². The van der Waals surface area contributed by atoms with E-state index in [-0.39, 0.29) is 22.9 Å². The summed E-state index contributed by atoms with van der Waals surface area (Å²) in [6, 6.07) is 11.5. The van der Waals surface area contributed by atoms with Crippen LogP contribution in [-0.2, 0) is 14.8 Å². The molecule has 1 aliphatic heterocycles. The number of carbonyl (C=O) groups excluding carboxylic acids is 1. The first-order valence-electron chi connectivity index (χ1n) is 9.21. The van der Waals surface area contributed by atoms with Crippen molar-refractivity contribution in [1.82, 2.24) is 9.21 Å². The monoisotopic (exact) mass is 434 g/mol. The number of nitro groups is 1. The van der Waals surface area contributed by atoms with E-state index in [1.54, 1.807) is 12.1 Å². The van der Waals surface area contributed by atoms with Gasteiger partial charge >= 0.3 is 0 Å². The Balaban J connectivity index is 1.63. The molecule has 0 atom stereocenters. The summed E-state index contributed by atoms with van der Waals surface area (Å²) in [6.45, 7) is 1.75. The van der Waals surface area contributed by atoms with Crippen molar-refractivity contribution in [3.05, 3.63) is 58.6 Å². The number of ether oxygens (including phenoxy) is 1. The predicted octanol–water partition coefficient (Wildman–Crippen LogP) is 1.55. The van der Waals surface area contributed by atoms with Crippen molar-refractivity contribution in [2.45, 2.75) is 4.90 Å². The van der Waals surface area contributed by atoms with Crippen LogP contribution in [0.3, 0.4) is 0 Å². The summed E-state index contributed by atoms with van der Waals surface area (Å²) in [7, 11) is -1.71. The Labute approximate surface area is 174 Å². The first-order valence-corrected chi connectivity index (χ1v) is 10.7. The van der Waals surface area contributed by atoms with Crippen LogP contribution in [0.2, 0.25) is 0 Å². The van der Waals surface area contributed by atoms with Gasteiger partial charge in [-0.15, -0.1) is 0 Å². The molecule has 1 saturated heterocycles. The van der Waals surface area contributed by atoms with Crippen LogP contribution in [0.15, 0.2) is 53.4 Å². The van der Waals surface area contributed by atoms with Crippen LogP contribution in [-0.4, -0.2) is 68.3 Å². The molecule has 1 aliphatic rings. The van der Waals surface area contributed by atoms with Gasteiger partial charge in [0.2, 0.25) is 10.0 Å². The predicted molar refractivity (Wildman–Crippen MR) is 110 cm³/mol. The van der Waals surface area contributed by atoms with E-state index < -0.39 is 20.9 Å². The number of piperazine rings is 1. The molecule has 1 fully saturated rings. The number of hydrogen-bond acceptors (Lipinski definition) is 7. The maximum absolute atomic E-state index is 12.8. The molecule has 0 radical (unpaired) electrons. The van der Waals surface area contributed by atoms with Crippen molar-refractivity contribution in [3.8, 4) is 5.75 Å². The maximum Gasteiger partial charge on any atom is 0.273 e. The van der Waals surface area contributed by atoms with Crippen molar-refractivity contribution < 1.29 is 22.9 Å². The van der Waals surface area contributed by atoms with Crippen molar-refractivity contribution in [1.29, 1.82) is 0 Å². The number of rotatable bonds is 7. The standard InChI is InChI=1S/C19H22N4O6S/c1-21-8-10-22(11-9-21)30(27,28)18-7-2-4-15(12-18)20-19(24)14-29-17-6-3-5-16(13-17)23(25)26/h2-7,12-13H,8-11,14H2,1H3,(H,20,24). The summed E-state index contributed by atoms with van der Waals surface area (Å²) in [4.78, 5) is 24.6. The van der Waals surface area contributed by atoms with Crippen LogP contribution < -0.4 is 10.1 Å². The van der Waals surface area contributed by atoms with Crippen LogP contribution in [0.4, 0.5) is 11.4 Å². The lowest BCUT2D eigenvalue weighted by Gasteiger charge is -2.31. The SMILES string of the molecule is CN1CCN(S(=O)(=O)c2cccc(NC(=O)COc3cccc([N+](=O)[O-])c3)c2)CC1. The van der Waals surface area contributed by atoms with Crippen molar-refractivity contribution in [2.75, 3.05) is 45.2 Å². The quantitative estimate of drug-likeness (QED) is 0.518. The summed E-state index contributed by atoms with van der Waals surface area (Å²) in [5.74, 6) is -0.332. The molecule has 11 heteroatoms. The van der Waals surface area contributed by atoms with E-state index in [1.165, 1.54) is 40.7 Å². The number of carbonyl (C=O) groups is 1. The smallest absolute Gasteiger partial charge is 0.273 e. The molecule has 1 N–H and O–H groups in total. The minimum atomic E-state index is -3.65. The number of sulfonamides is 1. The third-order valence-corrected chi connectivity index (χ3v) is 6.51. The van der Waals surface area contributed by atoms with Gasteiger partial charge in [0.25, 0.3) is 11.6 Å². The normalized spacial score (nSPS) is 15.5. The minimum Gasteiger partial charge on any atom is -0.484 e. The zero-order chi connectivity index (χ0) is 21.7. The second-order valence-electron chi connectivity index (χ2n) is 6.83. The Hall–Kier alpha value is -3.02. The first-order chi connectivity index (χ1) is 14.3. The molecule has 0 spiro atoms. The second-order valence-corrected chi connectivity index (χ2v) is 8.76. The Morgan fingerprint density at radius 2 is 1.83 bits per heavy atom. The highest BCUT2D eigenvalue weighted by atomic mass is 32.2. The fraction of sp³-hybridized carbons (Fsp3) is 0.316. The van der Waals surface area contributed by atoms with Gasteiger partial charge in [-0.2, -0.15) is 4.31 Å². The largest absolute Gasteiger partial charge is 0.484 e. The highest BCUT2D eigenvalue weighted by Crippen LogP contribution is 2.21. The minimum absolute atomic E-state index is 0.101. The Morgan fingerprint density at radius 3 is 2.53 bits per heavy atom. The number of anilines is 1. The number of nitrogens with one attached hydrogen (secondary N) is 1. The lowest BCUT2D eigenvalue weighted by Crippen LogP contribution is -2.47. The van der Waals surface area contributed by atoms with Gasteiger partial charge in [0, 0.05) is 37.9 Å². The number of nitro benzene ring substituents is 1. The molecule has 1 amide bonds. The molecule has 160 valence electrons. The van der Waals surface area contributed by atoms with Gasteiger partial charge in [-0.25, -0.2) is 8.42 Å². The number of non-ortho nitro benzene ring substituents is 1. The molecule has 2 aromatic carbocycles. The summed E-state index contributed by atoms with van der Waals surface area (Å²) in [5.41, 5.74) is 0.174. The summed E-state index contributed by atoms with van der Waals surface area (Å²) < 4.78 is 32.4. The molecule has 2 aromatic rings. The highest BCUT2D eigenvalue weighted by Gasteiger charge is 2.27. The molecule has 0 saturated carbocycles. The Bertz CT molecular complexity index is 1030. The molecular weight excluding hydrogens is 412 g/mol. The number of benzene rings is 2. The van der Waals surface area contributed by atoms with Crippen LogP contribution in [0.25, 0.3) is 0 Å². The fourth-order valence-electron chi connectivity index (χ4n) is 2.94. The maximum atomic E-state index is 12.8. The third-order valence-electron chi connectivity index (χ3n) is 4.62. The first kappa shape index (κ1) is 21.7. The van der Waals surface area contributed by atoms with Crippen molar-refractivity contribution in [2.24, 2.45) is 0 Å². The van der Waals surface area contributed by atoms with Gasteiger partial charge < -0.3 is 15.0 Å². The zero-order valence-electron chi connectivity index (χ0n) is 16.4. The van der Waals surface area contributed by atoms with E-state index in [1.807, 2.05) is 7.05 Å². The number of amides is 1. The molecule has 30 heavy (non-hydrogen) atoms. The van der Waals surface area contributed by atoms with Crippen LogP contribution in [0.1, 0.15) is 0 Å². The van der Waals surface area contributed by atoms with E-state index in [4.69, 9.17) is 4.74 Å². The fourth-order valence-corrected chi connectivity index (χ4v) is 4.41. The highest BCUT2D eigenvalue weighted by molar-refractivity contribution is 7.89. The molecule has 1 heterocycles. The lowest BCUT2D eigenvalue weighted by atomic mass is 10.3. The molecular formula is C19H22N4O6S. The number of hydrogen-bond donors (Lipinski definition) is 1. The average Bonchev–Trinajstić information content (AvgIpc) is 2.73. The van der Waals surface area contributed by atoms with Crippen LogP contribution in [0, 0.1) is 10.1 Å². The van der Waals surface area contributed by atoms with Gasteiger partial charge in [0.1, 0.15) is 5.75 Å². The molecule has 0 aromatic heterocycles. The second kappa shape index (κ2) is 9.20. The van der Waals surface area contributed by atoms with Gasteiger partial charge in [0.15, 0.2) is 6.61 Å². The molecule has 0 aliphatic carbocycles. The van der Waals surface area contributed by atoms with Crippen LogP contribution in [0.5, 0.6) is 5.75 Å². The Kier molecular flexibility index (Phi) is 6.65. The molecule has 0 bridgehead atoms. The molecule has 10 nitrogen and oxygen atoms in total. The topological polar surface area (TPSA) is 122 Å². The summed E-state index contributed by atoms with van der Waals surface area (Å²) in [5, 5.41) is 13.4. The van der Waals surface area contributed by atoms with E-state index in [0.717, 1.165) is 0 Å². The van der Waals surface area contributed by atoms with Gasteiger partial charge in [-0.05, 0) is 31.3 Å². The van der Waals surface area contributed by atoms with Crippen molar-refractivity contribution in [3.63, 3.8) is 0 Å². The van der Waals surface area contributed by atoms with Crippen LogP contribution >= 0.6 is 0 Å². The summed E-state index contributed by atoms with van der Waals surface area (Å²) >= 11 is 0. The lowest BCUT2D eigenvalue weighted by molar-refractivity contribution is -0.384. The number of nitrogens with zero attached hydrogens (tertiary/aromatic N) is 3. The number of likely N-dealkylation sites (N-methyl/N-ethyl adjacent to an activating group) is 1.